The number of carbonyl (C=O) groups is 1. The van der Waals surface area contributed by atoms with Crippen molar-refractivity contribution in [1.29, 1.82) is 0 Å². The molecule has 1 aliphatic heterocycles. The molecule has 30 heavy (non-hydrogen) atoms. The molecule has 4 rings (SSSR count). The minimum atomic E-state index is -4.08. The van der Waals surface area contributed by atoms with Crippen molar-refractivity contribution < 1.29 is 22.0 Å². The van der Waals surface area contributed by atoms with Gasteiger partial charge >= 0.3 is 10.2 Å². The number of nitrogens with one attached hydrogen (secondary N) is 1. The van der Waals surface area contributed by atoms with Crippen molar-refractivity contribution in [3.8, 4) is 0 Å². The summed E-state index contributed by atoms with van der Waals surface area (Å²) in [5.41, 5.74) is 1.10. The summed E-state index contributed by atoms with van der Waals surface area (Å²) < 4.78 is 48.9. The van der Waals surface area contributed by atoms with Crippen LogP contribution in [0.15, 0.2) is 75.6 Å². The zero-order valence-corrected chi connectivity index (χ0v) is 16.5. The second-order valence-electron chi connectivity index (χ2n) is 6.44. The number of nitrogens with zero attached hydrogens (tertiary/aromatic N) is 4. The standard InChI is InChI=1S/C19H16FN5O4S/c1-24-17(9-16(23-30(24,27)28)18-3-2-8-29-18)19(26)22-15-10-21-25(12-15)11-13-4-6-14(20)7-5-13/h2-10,12H,11H2,1H3,(H,22,26). The molecule has 0 saturated heterocycles. The first-order valence-corrected chi connectivity index (χ1v) is 10.1. The average Bonchev–Trinajstić information content (AvgIpc) is 3.38. The van der Waals surface area contributed by atoms with Gasteiger partial charge in [-0.05, 0) is 35.9 Å². The van der Waals surface area contributed by atoms with Crippen LogP contribution in [0.4, 0.5) is 10.1 Å². The maximum atomic E-state index is 13.0. The van der Waals surface area contributed by atoms with Gasteiger partial charge in [0.2, 0.25) is 0 Å². The molecule has 1 amide bonds. The maximum Gasteiger partial charge on any atom is 0.345 e. The lowest BCUT2D eigenvalue weighted by Crippen LogP contribution is -2.35. The van der Waals surface area contributed by atoms with Gasteiger partial charge in [0.15, 0.2) is 5.76 Å². The first kappa shape index (κ1) is 19.6. The average molecular weight is 429 g/mol. The van der Waals surface area contributed by atoms with Gasteiger partial charge in [-0.2, -0.15) is 13.5 Å². The van der Waals surface area contributed by atoms with Crippen LogP contribution in [-0.4, -0.2) is 41.2 Å². The molecule has 1 aliphatic rings. The number of allylic oxidation sites excluding steroid dienone is 1. The van der Waals surface area contributed by atoms with Crippen LogP contribution in [-0.2, 0) is 21.5 Å². The van der Waals surface area contributed by atoms with E-state index >= 15 is 0 Å². The van der Waals surface area contributed by atoms with E-state index in [0.29, 0.717) is 12.2 Å². The molecule has 3 heterocycles. The third-order valence-corrected chi connectivity index (χ3v) is 5.64. The van der Waals surface area contributed by atoms with Gasteiger partial charge in [-0.3, -0.25) is 9.48 Å². The zero-order chi connectivity index (χ0) is 21.3. The number of benzene rings is 1. The Balaban J connectivity index is 1.52. The lowest BCUT2D eigenvalue weighted by Gasteiger charge is -2.22. The molecule has 3 aromatic rings. The number of likely N-dealkylation sites (N-methyl/N-ethyl adjacent to an activating group) is 1. The Kier molecular flexibility index (Phi) is 4.96. The highest BCUT2D eigenvalue weighted by molar-refractivity contribution is 7.88. The highest BCUT2D eigenvalue weighted by Crippen LogP contribution is 2.21. The first-order chi connectivity index (χ1) is 14.3. The van der Waals surface area contributed by atoms with E-state index in [-0.39, 0.29) is 23.0 Å². The largest absolute Gasteiger partial charge is 0.463 e. The maximum absolute atomic E-state index is 13.0. The number of hydrogen-bond donors (Lipinski definition) is 1. The van der Waals surface area contributed by atoms with E-state index in [1.54, 1.807) is 35.1 Å². The molecule has 11 heteroatoms. The summed E-state index contributed by atoms with van der Waals surface area (Å²) in [4.78, 5) is 12.7. The number of anilines is 1. The summed E-state index contributed by atoms with van der Waals surface area (Å²) >= 11 is 0. The van der Waals surface area contributed by atoms with Crippen LogP contribution in [0.25, 0.3) is 0 Å². The second kappa shape index (κ2) is 7.59. The summed E-state index contributed by atoms with van der Waals surface area (Å²) in [6.07, 6.45) is 5.73. The molecule has 9 nitrogen and oxygen atoms in total. The van der Waals surface area contributed by atoms with Crippen molar-refractivity contribution in [2.24, 2.45) is 4.40 Å². The molecule has 0 aliphatic carbocycles. The predicted molar refractivity (Wildman–Crippen MR) is 106 cm³/mol. The molecule has 1 N–H and O–H groups in total. The van der Waals surface area contributed by atoms with E-state index in [9.17, 15) is 17.6 Å². The van der Waals surface area contributed by atoms with Crippen LogP contribution in [0.5, 0.6) is 0 Å². The molecule has 2 aromatic heterocycles. The molecule has 0 bridgehead atoms. The molecular formula is C19H16FN5O4S. The van der Waals surface area contributed by atoms with Crippen LogP contribution in [0.1, 0.15) is 11.3 Å². The summed E-state index contributed by atoms with van der Waals surface area (Å²) in [5.74, 6) is -0.755. The number of furan rings is 1. The molecule has 0 radical (unpaired) electrons. The third-order valence-electron chi connectivity index (χ3n) is 4.33. The van der Waals surface area contributed by atoms with E-state index in [1.807, 2.05) is 0 Å². The second-order valence-corrected chi connectivity index (χ2v) is 8.06. The minimum absolute atomic E-state index is 0.0234. The minimum Gasteiger partial charge on any atom is -0.463 e. The van der Waals surface area contributed by atoms with Gasteiger partial charge in [-0.1, -0.05) is 12.1 Å². The van der Waals surface area contributed by atoms with Gasteiger partial charge in [0, 0.05) is 13.2 Å². The molecule has 0 saturated carbocycles. The van der Waals surface area contributed by atoms with Gasteiger partial charge in [-0.15, -0.1) is 4.40 Å². The van der Waals surface area contributed by atoms with Crippen molar-refractivity contribution in [1.82, 2.24) is 14.1 Å². The SMILES string of the molecule is CN1C(C(=O)Nc2cnn(Cc3ccc(F)cc3)c2)=CC(c2ccco2)=NS1(=O)=O. The van der Waals surface area contributed by atoms with E-state index in [0.717, 1.165) is 9.87 Å². The number of hydrogen-bond acceptors (Lipinski definition) is 5. The van der Waals surface area contributed by atoms with Crippen LogP contribution in [0.2, 0.25) is 0 Å². The predicted octanol–water partition coefficient (Wildman–Crippen LogP) is 2.17. The monoisotopic (exact) mass is 429 g/mol. The first-order valence-electron chi connectivity index (χ1n) is 8.74. The van der Waals surface area contributed by atoms with Crippen LogP contribution >= 0.6 is 0 Å². The number of aromatic nitrogens is 2. The summed E-state index contributed by atoms with van der Waals surface area (Å²) in [6.45, 7) is 0.377. The Morgan fingerprint density at radius 2 is 2.00 bits per heavy atom. The number of amides is 1. The number of halogens is 1. The van der Waals surface area contributed by atoms with Crippen molar-refractivity contribution in [3.05, 3.63) is 84.0 Å². The number of carbonyl (C=O) groups excluding carboxylic acids is 1. The summed E-state index contributed by atoms with van der Waals surface area (Å²) in [5, 5.41) is 6.77. The topological polar surface area (TPSA) is 110 Å². The van der Waals surface area contributed by atoms with Gasteiger partial charge < -0.3 is 9.73 Å². The molecule has 154 valence electrons. The molecular weight excluding hydrogens is 413 g/mol. The van der Waals surface area contributed by atoms with Gasteiger partial charge in [0.05, 0.1) is 24.7 Å². The summed E-state index contributed by atoms with van der Waals surface area (Å²) in [6, 6.07) is 9.11. The van der Waals surface area contributed by atoms with E-state index < -0.39 is 16.1 Å². The Morgan fingerprint density at radius 1 is 1.23 bits per heavy atom. The van der Waals surface area contributed by atoms with Crippen molar-refractivity contribution >= 4 is 27.5 Å². The number of rotatable bonds is 5. The zero-order valence-electron chi connectivity index (χ0n) is 15.7. The molecule has 0 unspecified atom stereocenters. The Hall–Kier alpha value is -3.73. The van der Waals surface area contributed by atoms with Crippen molar-refractivity contribution in [2.45, 2.75) is 6.54 Å². The van der Waals surface area contributed by atoms with Crippen molar-refractivity contribution in [3.63, 3.8) is 0 Å². The smallest absolute Gasteiger partial charge is 0.345 e. The van der Waals surface area contributed by atoms with Crippen molar-refractivity contribution in [2.75, 3.05) is 12.4 Å². The lowest BCUT2D eigenvalue weighted by atomic mass is 10.2. The molecule has 0 atom stereocenters. The lowest BCUT2D eigenvalue weighted by molar-refractivity contribution is -0.113. The molecule has 0 fully saturated rings. The van der Waals surface area contributed by atoms with E-state index in [2.05, 4.69) is 14.8 Å². The summed E-state index contributed by atoms with van der Waals surface area (Å²) in [7, 11) is -2.84. The molecule has 1 aromatic carbocycles. The fraction of sp³-hybridized carbons (Fsp3) is 0.105. The van der Waals surface area contributed by atoms with Crippen LogP contribution in [0.3, 0.4) is 0 Å². The molecule has 0 spiro atoms. The Labute approximate surface area is 171 Å². The fourth-order valence-corrected chi connectivity index (χ4v) is 3.69. The normalized spacial score (nSPS) is 15.5. The highest BCUT2D eigenvalue weighted by Gasteiger charge is 2.30. The van der Waals surface area contributed by atoms with Gasteiger partial charge in [0.25, 0.3) is 5.91 Å². The van der Waals surface area contributed by atoms with Crippen LogP contribution in [0, 0.1) is 5.82 Å². The van der Waals surface area contributed by atoms with Gasteiger partial charge in [0.1, 0.15) is 17.2 Å². The van der Waals surface area contributed by atoms with E-state index in [1.165, 1.54) is 37.7 Å². The fourth-order valence-electron chi connectivity index (χ4n) is 2.79. The Morgan fingerprint density at radius 3 is 2.70 bits per heavy atom. The van der Waals surface area contributed by atoms with E-state index in [4.69, 9.17) is 4.42 Å². The quantitative estimate of drug-likeness (QED) is 0.668. The third kappa shape index (κ3) is 4.01. The Bertz CT molecular complexity index is 1240. The highest BCUT2D eigenvalue weighted by atomic mass is 32.2. The van der Waals surface area contributed by atoms with Crippen LogP contribution < -0.4 is 5.32 Å². The van der Waals surface area contributed by atoms with Gasteiger partial charge in [-0.25, -0.2) is 8.70 Å².